The van der Waals surface area contributed by atoms with E-state index in [2.05, 4.69) is 0 Å². The first-order chi connectivity index (χ1) is 11.0. The zero-order valence-corrected chi connectivity index (χ0v) is 13.8. The van der Waals surface area contributed by atoms with Gasteiger partial charge < -0.3 is 14.7 Å². The maximum absolute atomic E-state index is 13.2. The van der Waals surface area contributed by atoms with Crippen LogP contribution in [0.5, 0.6) is 0 Å². The van der Waals surface area contributed by atoms with Gasteiger partial charge in [-0.2, -0.15) is 0 Å². The summed E-state index contributed by atoms with van der Waals surface area (Å²) in [5.74, 6) is -0.210. The first-order valence-electron chi connectivity index (χ1n) is 7.90. The van der Waals surface area contributed by atoms with E-state index in [0.717, 1.165) is 6.54 Å². The van der Waals surface area contributed by atoms with Crippen LogP contribution in [0.1, 0.15) is 12.0 Å². The summed E-state index contributed by atoms with van der Waals surface area (Å²) in [6.07, 6.45) is 0.705. The average molecular weight is 321 g/mol. The molecule has 0 bridgehead atoms. The predicted octanol–water partition coefficient (Wildman–Crippen LogP) is 0.991. The molecule has 0 unspecified atom stereocenters. The van der Waals surface area contributed by atoms with Crippen LogP contribution in [-0.2, 0) is 16.0 Å². The lowest BCUT2D eigenvalue weighted by Crippen LogP contribution is -2.51. The molecule has 1 saturated heterocycles. The second-order valence-corrected chi connectivity index (χ2v) is 6.12. The lowest BCUT2D eigenvalue weighted by Gasteiger charge is -2.35. The van der Waals surface area contributed by atoms with E-state index in [1.54, 1.807) is 17.0 Å². The summed E-state index contributed by atoms with van der Waals surface area (Å²) in [5, 5.41) is 0. The molecule has 0 atom stereocenters. The summed E-state index contributed by atoms with van der Waals surface area (Å²) >= 11 is 0. The molecular formula is C17H24FN3O2. The highest BCUT2D eigenvalue weighted by molar-refractivity contribution is 5.80. The Balaban J connectivity index is 1.79. The van der Waals surface area contributed by atoms with Gasteiger partial charge in [0.1, 0.15) is 5.82 Å². The fourth-order valence-electron chi connectivity index (χ4n) is 2.62. The van der Waals surface area contributed by atoms with Crippen molar-refractivity contribution < 1.29 is 14.0 Å². The van der Waals surface area contributed by atoms with E-state index in [-0.39, 0.29) is 24.1 Å². The minimum Gasteiger partial charge on any atom is -0.339 e. The van der Waals surface area contributed by atoms with Gasteiger partial charge in [-0.15, -0.1) is 0 Å². The Labute approximate surface area is 136 Å². The molecule has 6 heteroatoms. The van der Waals surface area contributed by atoms with Crippen molar-refractivity contribution in [1.82, 2.24) is 14.7 Å². The molecule has 0 saturated carbocycles. The maximum Gasteiger partial charge on any atom is 0.227 e. The number of nitrogens with zero attached hydrogens (tertiary/aromatic N) is 3. The molecule has 2 rings (SSSR count). The van der Waals surface area contributed by atoms with Gasteiger partial charge in [0.25, 0.3) is 0 Å². The Morgan fingerprint density at radius 2 is 1.70 bits per heavy atom. The van der Waals surface area contributed by atoms with Crippen LogP contribution < -0.4 is 0 Å². The highest BCUT2D eigenvalue weighted by Gasteiger charge is 2.23. The van der Waals surface area contributed by atoms with Crippen molar-refractivity contribution in [3.8, 4) is 0 Å². The summed E-state index contributed by atoms with van der Waals surface area (Å²) in [6.45, 7) is 2.96. The summed E-state index contributed by atoms with van der Waals surface area (Å²) in [7, 11) is 3.88. The van der Waals surface area contributed by atoms with Gasteiger partial charge in [0.05, 0.1) is 6.42 Å². The van der Waals surface area contributed by atoms with Crippen LogP contribution in [0.25, 0.3) is 0 Å². The minimum atomic E-state index is -0.327. The van der Waals surface area contributed by atoms with Gasteiger partial charge in [0, 0.05) is 39.1 Å². The molecule has 126 valence electrons. The molecule has 1 aliphatic heterocycles. The van der Waals surface area contributed by atoms with E-state index >= 15 is 0 Å². The summed E-state index contributed by atoms with van der Waals surface area (Å²) in [6, 6.07) is 6.12. The lowest BCUT2D eigenvalue weighted by molar-refractivity contribution is -0.139. The zero-order chi connectivity index (χ0) is 16.8. The molecule has 0 aliphatic carbocycles. The maximum atomic E-state index is 13.2. The van der Waals surface area contributed by atoms with Crippen LogP contribution in [0, 0.1) is 5.82 Å². The standard InChI is InChI=1S/C17H24FN3O2/c1-19(2)7-6-16(22)20-8-10-21(11-9-20)17(23)13-14-4-3-5-15(18)12-14/h3-5,12H,6-11,13H2,1-2H3. The normalized spacial score (nSPS) is 15.1. The molecule has 0 radical (unpaired) electrons. The van der Waals surface area contributed by atoms with Gasteiger partial charge in [-0.05, 0) is 31.8 Å². The highest BCUT2D eigenvalue weighted by Crippen LogP contribution is 2.09. The van der Waals surface area contributed by atoms with Crippen molar-refractivity contribution in [3.63, 3.8) is 0 Å². The van der Waals surface area contributed by atoms with E-state index < -0.39 is 0 Å². The van der Waals surface area contributed by atoms with Crippen molar-refractivity contribution in [1.29, 1.82) is 0 Å². The van der Waals surface area contributed by atoms with Crippen LogP contribution in [0.2, 0.25) is 0 Å². The van der Waals surface area contributed by atoms with Crippen LogP contribution in [0.4, 0.5) is 4.39 Å². The minimum absolute atomic E-state index is 0.0176. The molecule has 0 aromatic heterocycles. The number of benzene rings is 1. The molecule has 5 nitrogen and oxygen atoms in total. The molecule has 2 amide bonds. The molecule has 0 spiro atoms. The number of piperazine rings is 1. The molecule has 0 N–H and O–H groups in total. The Hall–Kier alpha value is -1.95. The number of halogens is 1. The highest BCUT2D eigenvalue weighted by atomic mass is 19.1. The topological polar surface area (TPSA) is 43.9 Å². The van der Waals surface area contributed by atoms with E-state index in [4.69, 9.17) is 0 Å². The quantitative estimate of drug-likeness (QED) is 0.812. The molecule has 1 fully saturated rings. The third-order valence-electron chi connectivity index (χ3n) is 4.00. The number of rotatable bonds is 5. The number of carbonyl (C=O) groups excluding carboxylic acids is 2. The van der Waals surface area contributed by atoms with Crippen LogP contribution in [-0.4, -0.2) is 73.3 Å². The van der Waals surface area contributed by atoms with E-state index in [1.165, 1.54) is 12.1 Å². The van der Waals surface area contributed by atoms with Gasteiger partial charge in [0.2, 0.25) is 11.8 Å². The molecule has 23 heavy (non-hydrogen) atoms. The third-order valence-corrected chi connectivity index (χ3v) is 4.00. The fourth-order valence-corrected chi connectivity index (χ4v) is 2.62. The van der Waals surface area contributed by atoms with Gasteiger partial charge in [-0.3, -0.25) is 9.59 Å². The van der Waals surface area contributed by atoms with Crippen molar-refractivity contribution in [3.05, 3.63) is 35.6 Å². The Kier molecular flexibility index (Phi) is 6.10. The largest absolute Gasteiger partial charge is 0.339 e. The average Bonchev–Trinajstić information content (AvgIpc) is 2.52. The first-order valence-corrected chi connectivity index (χ1v) is 7.90. The second kappa shape index (κ2) is 8.06. The fraction of sp³-hybridized carbons (Fsp3) is 0.529. The van der Waals surface area contributed by atoms with Crippen LogP contribution >= 0.6 is 0 Å². The van der Waals surface area contributed by atoms with Crippen molar-refractivity contribution in [2.24, 2.45) is 0 Å². The van der Waals surface area contributed by atoms with Crippen LogP contribution in [0.3, 0.4) is 0 Å². The molecule has 1 aromatic carbocycles. The van der Waals surface area contributed by atoms with Gasteiger partial charge in [0.15, 0.2) is 0 Å². The van der Waals surface area contributed by atoms with Crippen molar-refractivity contribution in [2.45, 2.75) is 12.8 Å². The van der Waals surface area contributed by atoms with Crippen molar-refractivity contribution in [2.75, 3.05) is 46.8 Å². The molecule has 1 aromatic rings. The predicted molar refractivity (Wildman–Crippen MR) is 86.4 cm³/mol. The Bertz CT molecular complexity index is 555. The lowest BCUT2D eigenvalue weighted by atomic mass is 10.1. The number of carbonyl (C=O) groups is 2. The van der Waals surface area contributed by atoms with Gasteiger partial charge in [-0.1, -0.05) is 12.1 Å². The van der Waals surface area contributed by atoms with E-state index in [0.29, 0.717) is 38.2 Å². The van der Waals surface area contributed by atoms with E-state index in [9.17, 15) is 14.0 Å². The van der Waals surface area contributed by atoms with E-state index in [1.807, 2.05) is 23.9 Å². The summed E-state index contributed by atoms with van der Waals surface area (Å²) < 4.78 is 13.2. The molecule has 1 aliphatic rings. The first kappa shape index (κ1) is 17.4. The summed E-state index contributed by atoms with van der Waals surface area (Å²) in [4.78, 5) is 29.9. The van der Waals surface area contributed by atoms with Crippen molar-refractivity contribution >= 4 is 11.8 Å². The third kappa shape index (κ3) is 5.32. The van der Waals surface area contributed by atoms with Gasteiger partial charge in [-0.25, -0.2) is 4.39 Å². The Morgan fingerprint density at radius 1 is 1.09 bits per heavy atom. The molecular weight excluding hydrogens is 297 g/mol. The SMILES string of the molecule is CN(C)CCC(=O)N1CCN(C(=O)Cc2cccc(F)c2)CC1. The Morgan fingerprint density at radius 3 is 2.26 bits per heavy atom. The van der Waals surface area contributed by atoms with Gasteiger partial charge >= 0.3 is 0 Å². The number of hydrogen-bond acceptors (Lipinski definition) is 3. The number of hydrogen-bond donors (Lipinski definition) is 0. The monoisotopic (exact) mass is 321 g/mol. The zero-order valence-electron chi connectivity index (χ0n) is 13.8. The smallest absolute Gasteiger partial charge is 0.227 e. The van der Waals surface area contributed by atoms with Crippen LogP contribution in [0.15, 0.2) is 24.3 Å². The number of amides is 2. The second-order valence-electron chi connectivity index (χ2n) is 6.12. The molecule has 1 heterocycles. The summed E-state index contributed by atoms with van der Waals surface area (Å²) in [5.41, 5.74) is 0.680.